The lowest BCUT2D eigenvalue weighted by Crippen LogP contribution is -1.99. The van der Waals surface area contributed by atoms with Gasteiger partial charge in [0, 0.05) is 12.1 Å². The van der Waals surface area contributed by atoms with Crippen molar-refractivity contribution < 1.29 is 0 Å². The van der Waals surface area contributed by atoms with E-state index >= 15 is 0 Å². The van der Waals surface area contributed by atoms with Crippen LogP contribution in [0, 0.1) is 6.92 Å². The molecule has 0 spiro atoms. The Kier molecular flexibility index (Phi) is 5.50. The largest absolute Gasteiger partial charge is 0.326 e. The maximum atomic E-state index is 5.77. The highest BCUT2D eigenvalue weighted by Crippen LogP contribution is 2.25. The zero-order chi connectivity index (χ0) is 15.9. The molecule has 0 aliphatic heterocycles. The Morgan fingerprint density at radius 2 is 1.68 bits per heavy atom. The van der Waals surface area contributed by atoms with Crippen LogP contribution in [0.3, 0.4) is 0 Å². The van der Waals surface area contributed by atoms with Gasteiger partial charge in [-0.3, -0.25) is 5.10 Å². The summed E-state index contributed by atoms with van der Waals surface area (Å²) in [6.45, 7) is 6.63. The van der Waals surface area contributed by atoms with Crippen LogP contribution in [0.15, 0.2) is 54.6 Å². The van der Waals surface area contributed by atoms with E-state index < -0.39 is 0 Å². The number of H-pyrrole nitrogens is 1. The molecule has 3 rings (SSSR count). The van der Waals surface area contributed by atoms with Crippen molar-refractivity contribution in [2.75, 3.05) is 0 Å². The topological polar surface area (TPSA) is 54.7 Å². The Labute approximate surface area is 132 Å². The molecule has 0 saturated carbocycles. The lowest BCUT2D eigenvalue weighted by molar-refractivity contribution is 1.05. The molecule has 22 heavy (non-hydrogen) atoms. The summed E-state index contributed by atoms with van der Waals surface area (Å²) in [5.74, 6) is 0. The summed E-state index contributed by atoms with van der Waals surface area (Å²) in [4.78, 5) is 0. The number of hydrogen-bond donors (Lipinski definition) is 2. The highest BCUT2D eigenvalue weighted by atomic mass is 15.1. The van der Waals surface area contributed by atoms with Gasteiger partial charge in [-0.15, -0.1) is 0 Å². The van der Waals surface area contributed by atoms with Crippen LogP contribution < -0.4 is 5.73 Å². The van der Waals surface area contributed by atoms with Crippen molar-refractivity contribution in [2.45, 2.75) is 27.3 Å². The minimum Gasteiger partial charge on any atom is -0.326 e. The summed E-state index contributed by atoms with van der Waals surface area (Å²) < 4.78 is 0. The number of benzene rings is 2. The first-order chi connectivity index (χ1) is 10.8. The van der Waals surface area contributed by atoms with Crippen molar-refractivity contribution in [2.24, 2.45) is 5.73 Å². The highest BCUT2D eigenvalue weighted by Gasteiger charge is 2.07. The summed E-state index contributed by atoms with van der Waals surface area (Å²) >= 11 is 0. The average Bonchev–Trinajstić information content (AvgIpc) is 3.08. The van der Waals surface area contributed by atoms with E-state index in [0.29, 0.717) is 6.54 Å². The first kappa shape index (κ1) is 16.0. The second-order valence-electron chi connectivity index (χ2n) is 4.88. The number of hydrogen-bond acceptors (Lipinski definition) is 2. The minimum absolute atomic E-state index is 0.551. The lowest BCUT2D eigenvalue weighted by Gasteiger charge is -2.04. The molecule has 0 radical (unpaired) electrons. The molecule has 0 unspecified atom stereocenters. The van der Waals surface area contributed by atoms with Crippen LogP contribution in [0.25, 0.3) is 22.5 Å². The van der Waals surface area contributed by atoms with Gasteiger partial charge in [0.25, 0.3) is 0 Å². The normalized spacial score (nSPS) is 10.0. The van der Waals surface area contributed by atoms with Gasteiger partial charge in [-0.05, 0) is 35.7 Å². The number of nitrogens with zero attached hydrogens (tertiary/aromatic N) is 1. The molecule has 3 aromatic rings. The summed E-state index contributed by atoms with van der Waals surface area (Å²) in [5.41, 5.74) is 12.3. The van der Waals surface area contributed by atoms with E-state index in [1.807, 2.05) is 32.0 Å². The first-order valence-electron chi connectivity index (χ1n) is 7.69. The van der Waals surface area contributed by atoms with Gasteiger partial charge < -0.3 is 5.73 Å². The van der Waals surface area contributed by atoms with Crippen molar-refractivity contribution in [1.29, 1.82) is 0 Å². The summed E-state index contributed by atoms with van der Waals surface area (Å²) in [7, 11) is 0. The second kappa shape index (κ2) is 7.57. The third-order valence-corrected chi connectivity index (χ3v) is 3.53. The zero-order valence-corrected chi connectivity index (χ0v) is 13.4. The van der Waals surface area contributed by atoms with Gasteiger partial charge >= 0.3 is 0 Å². The van der Waals surface area contributed by atoms with Crippen molar-refractivity contribution in [3.63, 3.8) is 0 Å². The van der Waals surface area contributed by atoms with Gasteiger partial charge in [0.15, 0.2) is 0 Å². The molecular weight excluding hydrogens is 270 g/mol. The van der Waals surface area contributed by atoms with Gasteiger partial charge in [0.2, 0.25) is 0 Å². The standard InChI is InChI=1S/C17H17N3.C2H6/c1-12-7-8-14(9-15(12)11-18)17-10-16(19-20-17)13-5-3-2-4-6-13;1-2/h2-10H,11,18H2,1H3,(H,19,20);1-2H3. The third-order valence-electron chi connectivity index (χ3n) is 3.53. The fraction of sp³-hybridized carbons (Fsp3) is 0.211. The summed E-state index contributed by atoms with van der Waals surface area (Å²) in [5, 5.41) is 7.49. The summed E-state index contributed by atoms with van der Waals surface area (Å²) in [6, 6.07) is 18.5. The first-order valence-corrected chi connectivity index (χ1v) is 7.69. The maximum Gasteiger partial charge on any atom is 0.0927 e. The second-order valence-corrected chi connectivity index (χ2v) is 4.88. The van der Waals surface area contributed by atoms with Crippen LogP contribution in [0.5, 0.6) is 0 Å². The van der Waals surface area contributed by atoms with E-state index in [1.54, 1.807) is 0 Å². The van der Waals surface area contributed by atoms with Crippen LogP contribution in [-0.4, -0.2) is 10.2 Å². The van der Waals surface area contributed by atoms with Crippen LogP contribution in [0.4, 0.5) is 0 Å². The molecule has 3 N–H and O–H groups in total. The van der Waals surface area contributed by atoms with Gasteiger partial charge in [0.05, 0.1) is 11.4 Å². The van der Waals surface area contributed by atoms with Gasteiger partial charge in [-0.2, -0.15) is 5.10 Å². The highest BCUT2D eigenvalue weighted by molar-refractivity contribution is 5.68. The van der Waals surface area contributed by atoms with Crippen molar-refractivity contribution in [3.8, 4) is 22.5 Å². The quantitative estimate of drug-likeness (QED) is 0.745. The minimum atomic E-state index is 0.551. The fourth-order valence-electron chi connectivity index (χ4n) is 2.29. The number of nitrogens with one attached hydrogen (secondary N) is 1. The molecule has 0 aliphatic rings. The van der Waals surface area contributed by atoms with E-state index in [2.05, 4.69) is 53.5 Å². The fourth-order valence-corrected chi connectivity index (χ4v) is 2.29. The SMILES string of the molecule is CC.Cc1ccc(-c2cc(-c3ccccc3)[nH]n2)cc1CN. The smallest absolute Gasteiger partial charge is 0.0927 e. The van der Waals surface area contributed by atoms with E-state index in [1.165, 1.54) is 5.56 Å². The molecule has 0 amide bonds. The molecule has 3 heteroatoms. The summed E-state index contributed by atoms with van der Waals surface area (Å²) in [6.07, 6.45) is 0. The van der Waals surface area contributed by atoms with Crippen molar-refractivity contribution >= 4 is 0 Å². The lowest BCUT2D eigenvalue weighted by atomic mass is 10.0. The predicted octanol–water partition coefficient (Wildman–Crippen LogP) is 4.54. The van der Waals surface area contributed by atoms with Gasteiger partial charge in [-0.1, -0.05) is 56.3 Å². The Balaban J connectivity index is 0.000000847. The number of rotatable bonds is 3. The van der Waals surface area contributed by atoms with Gasteiger partial charge in [-0.25, -0.2) is 0 Å². The molecule has 3 nitrogen and oxygen atoms in total. The van der Waals surface area contributed by atoms with Crippen LogP contribution >= 0.6 is 0 Å². The molecular formula is C19H23N3. The number of aryl methyl sites for hydroxylation is 1. The average molecular weight is 293 g/mol. The monoisotopic (exact) mass is 293 g/mol. The Bertz CT molecular complexity index is 715. The Hall–Kier alpha value is -2.39. The number of aromatic nitrogens is 2. The molecule has 0 fully saturated rings. The molecule has 1 aromatic heterocycles. The molecule has 0 aliphatic carbocycles. The van der Waals surface area contributed by atoms with Crippen molar-refractivity contribution in [3.05, 3.63) is 65.7 Å². The van der Waals surface area contributed by atoms with Crippen molar-refractivity contribution in [1.82, 2.24) is 10.2 Å². The molecule has 0 bridgehead atoms. The van der Waals surface area contributed by atoms with Crippen LogP contribution in [0.2, 0.25) is 0 Å². The molecule has 2 aromatic carbocycles. The van der Waals surface area contributed by atoms with Crippen LogP contribution in [0.1, 0.15) is 25.0 Å². The number of aromatic amines is 1. The molecule has 0 saturated heterocycles. The maximum absolute atomic E-state index is 5.77. The van der Waals surface area contributed by atoms with E-state index in [4.69, 9.17) is 5.73 Å². The molecule has 114 valence electrons. The zero-order valence-electron chi connectivity index (χ0n) is 13.4. The van der Waals surface area contributed by atoms with Gasteiger partial charge in [0.1, 0.15) is 0 Å². The number of nitrogens with two attached hydrogens (primary N) is 1. The van der Waals surface area contributed by atoms with E-state index in [-0.39, 0.29) is 0 Å². The van der Waals surface area contributed by atoms with E-state index in [9.17, 15) is 0 Å². The van der Waals surface area contributed by atoms with Crippen LogP contribution in [-0.2, 0) is 6.54 Å². The Morgan fingerprint density at radius 1 is 0.955 bits per heavy atom. The Morgan fingerprint density at radius 3 is 2.36 bits per heavy atom. The van der Waals surface area contributed by atoms with E-state index in [0.717, 1.165) is 28.1 Å². The molecule has 1 heterocycles. The molecule has 0 atom stereocenters. The third kappa shape index (κ3) is 3.43. The predicted molar refractivity (Wildman–Crippen MR) is 93.4 cm³/mol.